The van der Waals surface area contributed by atoms with Crippen LogP contribution in [-0.4, -0.2) is 42.3 Å². The molecule has 1 aromatic heterocycles. The predicted molar refractivity (Wildman–Crippen MR) is 126 cm³/mol. The number of para-hydroxylation sites is 2. The van der Waals surface area contributed by atoms with Gasteiger partial charge in [-0.25, -0.2) is 4.98 Å². The van der Waals surface area contributed by atoms with E-state index < -0.39 is 0 Å². The lowest BCUT2D eigenvalue weighted by atomic mass is 9.89. The average Bonchev–Trinajstić information content (AvgIpc) is 3.12. The number of rotatable bonds is 6. The summed E-state index contributed by atoms with van der Waals surface area (Å²) in [7, 11) is 1.82. The van der Waals surface area contributed by atoms with Crippen molar-refractivity contribution < 1.29 is 4.74 Å². The molecule has 31 heavy (non-hydrogen) atoms. The summed E-state index contributed by atoms with van der Waals surface area (Å²) >= 11 is 0. The number of guanidine groups is 1. The van der Waals surface area contributed by atoms with Crippen LogP contribution in [0.2, 0.25) is 0 Å². The molecule has 2 aromatic carbocycles. The van der Waals surface area contributed by atoms with Crippen LogP contribution in [0.3, 0.4) is 0 Å². The number of aryl methyl sites for hydroxylation is 2. The molecule has 2 unspecified atom stereocenters. The average molecular weight is 420 g/mol. The minimum absolute atomic E-state index is 0.139. The molecule has 0 saturated carbocycles. The van der Waals surface area contributed by atoms with Crippen LogP contribution in [0.25, 0.3) is 11.0 Å². The summed E-state index contributed by atoms with van der Waals surface area (Å²) in [5.74, 6) is 2.29. The molecule has 0 spiro atoms. The first-order valence-electron chi connectivity index (χ1n) is 11.2. The quantitative estimate of drug-likeness (QED) is 0.469. The van der Waals surface area contributed by atoms with Gasteiger partial charge in [0.1, 0.15) is 5.82 Å². The molecule has 2 heterocycles. The number of ether oxygens (including phenoxy) is 1. The fraction of sp³-hybridized carbons (Fsp3) is 0.440. The van der Waals surface area contributed by atoms with Crippen LogP contribution in [0.15, 0.2) is 53.5 Å². The minimum atomic E-state index is 0.139. The first kappa shape index (κ1) is 21.4. The number of benzene rings is 2. The number of aromatic nitrogens is 2. The van der Waals surface area contributed by atoms with E-state index >= 15 is 0 Å². The maximum atomic E-state index is 6.16. The van der Waals surface area contributed by atoms with E-state index in [0.29, 0.717) is 5.92 Å². The van der Waals surface area contributed by atoms with Gasteiger partial charge in [0, 0.05) is 39.2 Å². The van der Waals surface area contributed by atoms with Crippen LogP contribution in [0.1, 0.15) is 35.9 Å². The molecule has 2 atom stereocenters. The van der Waals surface area contributed by atoms with Gasteiger partial charge in [0.05, 0.1) is 17.1 Å². The van der Waals surface area contributed by atoms with E-state index in [1.54, 1.807) is 0 Å². The number of aliphatic imine (C=N–C) groups is 1. The second-order valence-corrected chi connectivity index (χ2v) is 8.28. The molecule has 2 N–H and O–H groups in total. The van der Waals surface area contributed by atoms with E-state index in [0.717, 1.165) is 56.4 Å². The largest absolute Gasteiger partial charge is 0.373 e. The predicted octanol–water partition coefficient (Wildman–Crippen LogP) is 3.99. The first-order valence-corrected chi connectivity index (χ1v) is 11.2. The van der Waals surface area contributed by atoms with Crippen molar-refractivity contribution in [3.63, 3.8) is 0 Å². The number of nitrogens with one attached hydrogen (secondary N) is 2. The molecule has 4 rings (SSSR count). The van der Waals surface area contributed by atoms with E-state index in [1.165, 1.54) is 16.6 Å². The van der Waals surface area contributed by atoms with Gasteiger partial charge in [-0.1, -0.05) is 42.0 Å². The maximum Gasteiger partial charge on any atom is 0.191 e. The lowest BCUT2D eigenvalue weighted by Crippen LogP contribution is -2.42. The highest BCUT2D eigenvalue weighted by atomic mass is 16.5. The van der Waals surface area contributed by atoms with Gasteiger partial charge in [0.2, 0.25) is 0 Å². The maximum absolute atomic E-state index is 6.16. The summed E-state index contributed by atoms with van der Waals surface area (Å²) in [6, 6.07) is 17.0. The third kappa shape index (κ3) is 5.07. The minimum Gasteiger partial charge on any atom is -0.373 e. The molecular weight excluding hydrogens is 386 g/mol. The SMILES string of the molecule is CN=C(NCCn1c(C)nc2ccccc21)NCC1CCCOC1c1ccc(C)cc1. The Morgan fingerprint density at radius 3 is 2.74 bits per heavy atom. The summed E-state index contributed by atoms with van der Waals surface area (Å²) in [5, 5.41) is 6.97. The Hall–Kier alpha value is -2.86. The molecule has 1 saturated heterocycles. The third-order valence-corrected chi connectivity index (χ3v) is 6.08. The Morgan fingerprint density at radius 1 is 1.13 bits per heavy atom. The zero-order chi connectivity index (χ0) is 21.6. The third-order valence-electron chi connectivity index (χ3n) is 6.08. The molecular formula is C25H33N5O. The van der Waals surface area contributed by atoms with Gasteiger partial charge in [-0.2, -0.15) is 0 Å². The van der Waals surface area contributed by atoms with Crippen LogP contribution >= 0.6 is 0 Å². The van der Waals surface area contributed by atoms with E-state index in [1.807, 2.05) is 13.1 Å². The fourth-order valence-electron chi connectivity index (χ4n) is 4.39. The van der Waals surface area contributed by atoms with E-state index in [2.05, 4.69) is 81.5 Å². The zero-order valence-electron chi connectivity index (χ0n) is 18.8. The normalized spacial score (nSPS) is 19.5. The van der Waals surface area contributed by atoms with Gasteiger partial charge < -0.3 is 19.9 Å². The Morgan fingerprint density at radius 2 is 1.94 bits per heavy atom. The Bertz CT molecular complexity index is 1020. The zero-order valence-corrected chi connectivity index (χ0v) is 18.8. The second-order valence-electron chi connectivity index (χ2n) is 8.28. The van der Waals surface area contributed by atoms with Gasteiger partial charge in [0.15, 0.2) is 5.96 Å². The summed E-state index contributed by atoms with van der Waals surface area (Å²) in [5.41, 5.74) is 4.76. The Balaban J connectivity index is 1.32. The number of nitrogens with zero attached hydrogens (tertiary/aromatic N) is 3. The lowest BCUT2D eigenvalue weighted by Gasteiger charge is -2.32. The second kappa shape index (κ2) is 9.96. The molecule has 0 bridgehead atoms. The smallest absolute Gasteiger partial charge is 0.191 e. The lowest BCUT2D eigenvalue weighted by molar-refractivity contribution is -0.0265. The molecule has 1 fully saturated rings. The van der Waals surface area contributed by atoms with Crippen molar-refractivity contribution in [2.75, 3.05) is 26.7 Å². The van der Waals surface area contributed by atoms with Gasteiger partial charge in [0.25, 0.3) is 0 Å². The molecule has 3 aromatic rings. The molecule has 1 aliphatic heterocycles. The van der Waals surface area contributed by atoms with E-state index in [-0.39, 0.29) is 6.10 Å². The van der Waals surface area contributed by atoms with Crippen LogP contribution in [0.4, 0.5) is 0 Å². The summed E-state index contributed by atoms with van der Waals surface area (Å²) in [4.78, 5) is 9.06. The van der Waals surface area contributed by atoms with Gasteiger partial charge in [-0.05, 0) is 44.4 Å². The topological polar surface area (TPSA) is 63.5 Å². The van der Waals surface area contributed by atoms with E-state index in [9.17, 15) is 0 Å². The van der Waals surface area contributed by atoms with Crippen LogP contribution in [-0.2, 0) is 11.3 Å². The van der Waals surface area contributed by atoms with Crippen molar-refractivity contribution in [2.45, 2.75) is 39.3 Å². The number of hydrogen-bond donors (Lipinski definition) is 2. The van der Waals surface area contributed by atoms with Crippen molar-refractivity contribution in [1.29, 1.82) is 0 Å². The van der Waals surface area contributed by atoms with Crippen molar-refractivity contribution in [2.24, 2.45) is 10.9 Å². The summed E-state index contributed by atoms with van der Waals surface area (Å²) in [6.45, 7) is 7.47. The van der Waals surface area contributed by atoms with Crippen LogP contribution in [0, 0.1) is 19.8 Å². The molecule has 164 valence electrons. The molecule has 0 aliphatic carbocycles. The van der Waals surface area contributed by atoms with Crippen molar-refractivity contribution in [1.82, 2.24) is 20.2 Å². The van der Waals surface area contributed by atoms with E-state index in [4.69, 9.17) is 4.74 Å². The monoisotopic (exact) mass is 419 g/mol. The summed E-state index contributed by atoms with van der Waals surface area (Å²) in [6.07, 6.45) is 2.40. The fourth-order valence-corrected chi connectivity index (χ4v) is 4.39. The highest BCUT2D eigenvalue weighted by Gasteiger charge is 2.27. The van der Waals surface area contributed by atoms with Crippen molar-refractivity contribution >= 4 is 17.0 Å². The summed E-state index contributed by atoms with van der Waals surface area (Å²) < 4.78 is 8.40. The Labute approximate surface area is 184 Å². The van der Waals surface area contributed by atoms with Gasteiger partial charge >= 0.3 is 0 Å². The Kier molecular flexibility index (Phi) is 6.87. The molecule has 0 radical (unpaired) electrons. The van der Waals surface area contributed by atoms with Crippen molar-refractivity contribution in [3.05, 3.63) is 65.5 Å². The number of hydrogen-bond acceptors (Lipinski definition) is 3. The molecule has 0 amide bonds. The molecule has 1 aliphatic rings. The van der Waals surface area contributed by atoms with Gasteiger partial charge in [-0.3, -0.25) is 4.99 Å². The highest BCUT2D eigenvalue weighted by Crippen LogP contribution is 2.33. The van der Waals surface area contributed by atoms with Crippen molar-refractivity contribution in [3.8, 4) is 0 Å². The van der Waals surface area contributed by atoms with Crippen LogP contribution in [0.5, 0.6) is 0 Å². The molecule has 6 nitrogen and oxygen atoms in total. The first-order chi connectivity index (χ1) is 15.2. The number of fused-ring (bicyclic) bond motifs is 1. The standard InChI is InChI=1S/C25H33N5O/c1-18-10-12-20(13-11-18)24-21(7-6-16-31-24)17-28-25(26-3)27-14-15-30-19(2)29-22-8-4-5-9-23(22)30/h4-5,8-13,21,24H,6-7,14-17H2,1-3H3,(H2,26,27,28). The van der Waals surface area contributed by atoms with Crippen LogP contribution < -0.4 is 10.6 Å². The van der Waals surface area contributed by atoms with Gasteiger partial charge in [-0.15, -0.1) is 0 Å². The number of imidazole rings is 1. The molecule has 6 heteroatoms. The highest BCUT2D eigenvalue weighted by molar-refractivity contribution is 5.79.